The van der Waals surface area contributed by atoms with Gasteiger partial charge in [-0.15, -0.1) is 0 Å². The summed E-state index contributed by atoms with van der Waals surface area (Å²) in [4.78, 5) is 7.06. The van der Waals surface area contributed by atoms with Crippen LogP contribution in [0, 0.1) is 11.3 Å². The van der Waals surface area contributed by atoms with Crippen LogP contribution in [0.4, 0.5) is 0 Å². The molecule has 5 heteroatoms. The zero-order chi connectivity index (χ0) is 17.8. The summed E-state index contributed by atoms with van der Waals surface area (Å²) in [6.45, 7) is 3.47. The predicted molar refractivity (Wildman–Crippen MR) is 99.1 cm³/mol. The fourth-order valence-electron chi connectivity index (χ4n) is 3.47. The van der Waals surface area contributed by atoms with E-state index in [1.165, 1.54) is 0 Å². The Morgan fingerprint density at radius 3 is 3.04 bits per heavy atom. The Morgan fingerprint density at radius 1 is 1.23 bits per heavy atom. The van der Waals surface area contributed by atoms with Gasteiger partial charge in [-0.05, 0) is 49.7 Å². The van der Waals surface area contributed by atoms with E-state index in [1.807, 2.05) is 36.4 Å². The lowest BCUT2D eigenvalue weighted by Crippen LogP contribution is -2.37. The molecule has 1 atom stereocenters. The first-order valence-electron chi connectivity index (χ1n) is 9.02. The lowest BCUT2D eigenvalue weighted by Gasteiger charge is -2.31. The van der Waals surface area contributed by atoms with E-state index in [9.17, 15) is 0 Å². The van der Waals surface area contributed by atoms with Crippen LogP contribution in [0.25, 0.3) is 11.1 Å². The number of likely N-dealkylation sites (tertiary alicyclic amines) is 1. The molecule has 0 radical (unpaired) electrons. The number of fused-ring (bicyclic) bond motifs is 1. The number of nitriles is 1. The van der Waals surface area contributed by atoms with Crippen LogP contribution in [0.3, 0.4) is 0 Å². The van der Waals surface area contributed by atoms with Crippen LogP contribution in [-0.2, 0) is 0 Å². The van der Waals surface area contributed by atoms with E-state index in [0.717, 1.165) is 55.2 Å². The van der Waals surface area contributed by atoms with Crippen LogP contribution in [-0.4, -0.2) is 36.1 Å². The molecule has 0 saturated carbocycles. The molecule has 0 spiro atoms. The van der Waals surface area contributed by atoms with Gasteiger partial charge in [-0.3, -0.25) is 4.90 Å². The summed E-state index contributed by atoms with van der Waals surface area (Å²) in [7, 11) is 0. The molecule has 1 fully saturated rings. The van der Waals surface area contributed by atoms with Gasteiger partial charge in [0.25, 0.3) is 0 Å². The standard InChI is InChI=1S/C21H21N3O2/c22-14-16-5-3-7-18(13-16)25-12-11-24-10-4-6-17(15-24)21-23-19-8-1-2-9-20(19)26-21/h1-3,5,7-9,13,17H,4,6,10-12,15H2/t17-/m1/s1. The Morgan fingerprint density at radius 2 is 2.15 bits per heavy atom. The zero-order valence-corrected chi connectivity index (χ0v) is 14.6. The fourth-order valence-corrected chi connectivity index (χ4v) is 3.47. The molecule has 0 bridgehead atoms. The van der Waals surface area contributed by atoms with Crippen LogP contribution < -0.4 is 4.74 Å². The number of hydrogen-bond donors (Lipinski definition) is 0. The average Bonchev–Trinajstić information content (AvgIpc) is 3.13. The second-order valence-electron chi connectivity index (χ2n) is 6.65. The van der Waals surface area contributed by atoms with Gasteiger partial charge in [0.05, 0.1) is 11.6 Å². The Labute approximate surface area is 152 Å². The number of para-hydroxylation sites is 2. The van der Waals surface area contributed by atoms with Gasteiger partial charge < -0.3 is 9.15 Å². The zero-order valence-electron chi connectivity index (χ0n) is 14.6. The molecule has 1 aliphatic rings. The van der Waals surface area contributed by atoms with E-state index in [0.29, 0.717) is 18.1 Å². The number of hydrogen-bond acceptors (Lipinski definition) is 5. The monoisotopic (exact) mass is 347 g/mol. The van der Waals surface area contributed by atoms with E-state index in [-0.39, 0.29) is 0 Å². The van der Waals surface area contributed by atoms with E-state index in [4.69, 9.17) is 14.4 Å². The molecule has 0 unspecified atom stereocenters. The van der Waals surface area contributed by atoms with Crippen LogP contribution in [0.2, 0.25) is 0 Å². The van der Waals surface area contributed by atoms with Gasteiger partial charge in [-0.25, -0.2) is 4.98 Å². The molecule has 2 aromatic carbocycles. The number of piperidine rings is 1. The van der Waals surface area contributed by atoms with Crippen molar-refractivity contribution < 1.29 is 9.15 Å². The molecular weight excluding hydrogens is 326 g/mol. The van der Waals surface area contributed by atoms with Crippen molar-refractivity contribution in [2.24, 2.45) is 0 Å². The molecule has 0 N–H and O–H groups in total. The number of oxazole rings is 1. The molecule has 0 aliphatic carbocycles. The van der Waals surface area contributed by atoms with Crippen molar-refractivity contribution in [2.45, 2.75) is 18.8 Å². The summed E-state index contributed by atoms with van der Waals surface area (Å²) in [6.07, 6.45) is 2.24. The largest absolute Gasteiger partial charge is 0.492 e. The third-order valence-corrected chi connectivity index (χ3v) is 4.80. The van der Waals surface area contributed by atoms with Gasteiger partial charge in [0, 0.05) is 19.0 Å². The highest BCUT2D eigenvalue weighted by molar-refractivity contribution is 5.72. The van der Waals surface area contributed by atoms with Crippen molar-refractivity contribution in [3.63, 3.8) is 0 Å². The summed E-state index contributed by atoms with van der Waals surface area (Å²) >= 11 is 0. The predicted octanol–water partition coefficient (Wildman–Crippen LogP) is 3.96. The molecule has 1 aromatic heterocycles. The number of nitrogens with zero attached hydrogens (tertiary/aromatic N) is 3. The number of ether oxygens (including phenoxy) is 1. The summed E-state index contributed by atoms with van der Waals surface area (Å²) in [5.74, 6) is 1.92. The molecule has 26 heavy (non-hydrogen) atoms. The SMILES string of the molecule is N#Cc1cccc(OCCN2CCC[C@@H](c3nc4ccccc4o3)C2)c1. The van der Waals surface area contributed by atoms with Gasteiger partial charge in [-0.2, -0.15) is 5.26 Å². The van der Waals surface area contributed by atoms with Crippen LogP contribution in [0.15, 0.2) is 52.9 Å². The third-order valence-electron chi connectivity index (χ3n) is 4.80. The summed E-state index contributed by atoms with van der Waals surface area (Å²) in [5, 5.41) is 8.95. The lowest BCUT2D eigenvalue weighted by atomic mass is 9.98. The fraction of sp³-hybridized carbons (Fsp3) is 0.333. The highest BCUT2D eigenvalue weighted by atomic mass is 16.5. The van der Waals surface area contributed by atoms with E-state index in [1.54, 1.807) is 12.1 Å². The quantitative estimate of drug-likeness (QED) is 0.699. The van der Waals surface area contributed by atoms with Crippen LogP contribution >= 0.6 is 0 Å². The van der Waals surface area contributed by atoms with Gasteiger partial charge in [0.15, 0.2) is 11.5 Å². The maximum Gasteiger partial charge on any atom is 0.199 e. The first kappa shape index (κ1) is 16.6. The minimum atomic E-state index is 0.332. The smallest absolute Gasteiger partial charge is 0.199 e. The maximum absolute atomic E-state index is 8.95. The number of benzene rings is 2. The van der Waals surface area contributed by atoms with Crippen molar-refractivity contribution in [1.29, 1.82) is 5.26 Å². The minimum absolute atomic E-state index is 0.332. The summed E-state index contributed by atoms with van der Waals surface area (Å²) < 4.78 is 11.8. The average molecular weight is 347 g/mol. The molecule has 132 valence electrons. The maximum atomic E-state index is 8.95. The van der Waals surface area contributed by atoms with Crippen molar-refractivity contribution in [2.75, 3.05) is 26.2 Å². The molecule has 4 rings (SSSR count). The second-order valence-corrected chi connectivity index (χ2v) is 6.65. The van der Waals surface area contributed by atoms with Crippen LogP contribution in [0.1, 0.15) is 30.2 Å². The molecular formula is C21H21N3O2. The number of rotatable bonds is 5. The van der Waals surface area contributed by atoms with Gasteiger partial charge in [0.1, 0.15) is 17.9 Å². The Kier molecular flexibility index (Phi) is 4.85. The summed E-state index contributed by atoms with van der Waals surface area (Å²) in [5.41, 5.74) is 2.41. The van der Waals surface area contributed by atoms with Crippen molar-refractivity contribution >= 4 is 11.1 Å². The molecule has 3 aromatic rings. The van der Waals surface area contributed by atoms with Crippen molar-refractivity contribution in [3.8, 4) is 11.8 Å². The first-order valence-corrected chi connectivity index (χ1v) is 9.02. The van der Waals surface area contributed by atoms with E-state index < -0.39 is 0 Å². The Bertz CT molecular complexity index is 895. The lowest BCUT2D eigenvalue weighted by molar-refractivity contribution is 0.162. The van der Waals surface area contributed by atoms with Gasteiger partial charge in [-0.1, -0.05) is 18.2 Å². The van der Waals surface area contributed by atoms with Crippen molar-refractivity contribution in [1.82, 2.24) is 9.88 Å². The second kappa shape index (κ2) is 7.59. The molecule has 5 nitrogen and oxygen atoms in total. The molecule has 2 heterocycles. The highest BCUT2D eigenvalue weighted by Crippen LogP contribution is 2.28. The molecule has 1 aliphatic heterocycles. The number of aromatic nitrogens is 1. The van der Waals surface area contributed by atoms with E-state index >= 15 is 0 Å². The molecule has 1 saturated heterocycles. The Balaban J connectivity index is 1.34. The topological polar surface area (TPSA) is 62.3 Å². The third kappa shape index (κ3) is 3.71. The van der Waals surface area contributed by atoms with Crippen LogP contribution in [0.5, 0.6) is 5.75 Å². The first-order chi connectivity index (χ1) is 12.8. The van der Waals surface area contributed by atoms with Crippen molar-refractivity contribution in [3.05, 3.63) is 60.0 Å². The minimum Gasteiger partial charge on any atom is -0.492 e. The summed E-state index contributed by atoms with van der Waals surface area (Å²) in [6, 6.07) is 17.3. The van der Waals surface area contributed by atoms with E-state index in [2.05, 4.69) is 16.0 Å². The normalized spacial score (nSPS) is 17.9. The van der Waals surface area contributed by atoms with Gasteiger partial charge >= 0.3 is 0 Å². The Hall–Kier alpha value is -2.84. The highest BCUT2D eigenvalue weighted by Gasteiger charge is 2.25. The molecule has 0 amide bonds. The van der Waals surface area contributed by atoms with Gasteiger partial charge in [0.2, 0.25) is 0 Å².